The first-order valence-electron chi connectivity index (χ1n) is 17.8. The van der Waals surface area contributed by atoms with Gasteiger partial charge in [-0.1, -0.05) is 83.3 Å². The third kappa shape index (κ3) is 7.23. The van der Waals surface area contributed by atoms with Gasteiger partial charge in [-0.05, 0) is 74.7 Å². The molecule has 7 nitrogen and oxygen atoms in total. The van der Waals surface area contributed by atoms with Crippen LogP contribution >= 0.6 is 11.8 Å². The number of aliphatic carboxylic acids is 1. The summed E-state index contributed by atoms with van der Waals surface area (Å²) in [6.07, 6.45) is 14.5. The molecule has 8 heteroatoms. The summed E-state index contributed by atoms with van der Waals surface area (Å²) in [4.78, 5) is 27.2. The van der Waals surface area contributed by atoms with Gasteiger partial charge in [0.15, 0.2) is 0 Å². The SMILES string of the molecule is C=C1CC[C@H](O)C/C1=C\C=C1/CCC(O)[C@@]2(C)[C@H]1C(N1C(=O)N[C@@H]3CS[C@H](CCCCC(=O)O)[C@@H]31)C[C@@H]2[C@H](C)CCCC(C)C. The van der Waals surface area contributed by atoms with Gasteiger partial charge in [-0.15, -0.1) is 0 Å². The molecule has 2 saturated heterocycles. The molecule has 0 spiro atoms. The molecule has 2 heterocycles. The number of nitrogens with one attached hydrogen (secondary N) is 1. The van der Waals surface area contributed by atoms with Crippen LogP contribution in [-0.2, 0) is 4.79 Å². The standard InChI is InChI=1S/C37H58N2O5S/c1-22(2)9-8-10-24(4)28-20-30(39-35-29(38-36(39)44)21-45-31(35)11-6-7-12-33(42)43)34-25(16-18-32(41)37(28,34)5)14-15-26-19-27(40)17-13-23(26)3/h14-15,22,24,27-32,34-35,40-41H,3,6-13,16-21H2,1-2,4-5H3,(H,38,44)(H,42,43)/b25-14+,26-15+/t24-,27+,28-,29-,30?,31-,32?,34-,35-,37+/m1/s1. The van der Waals surface area contributed by atoms with E-state index in [9.17, 15) is 19.8 Å². The molecule has 4 N–H and O–H groups in total. The highest BCUT2D eigenvalue weighted by molar-refractivity contribution is 8.00. The number of allylic oxidation sites excluding steroid dienone is 3. The van der Waals surface area contributed by atoms with Crippen LogP contribution in [-0.4, -0.2) is 73.6 Å². The summed E-state index contributed by atoms with van der Waals surface area (Å²) in [5.74, 6) is 1.61. The number of rotatable bonds is 12. The van der Waals surface area contributed by atoms with Crippen LogP contribution in [0.2, 0.25) is 0 Å². The maximum absolute atomic E-state index is 13.9. The normalized spacial score (nSPS) is 39.0. The lowest BCUT2D eigenvalue weighted by atomic mass is 9.58. The first-order valence-corrected chi connectivity index (χ1v) is 18.8. The number of fused-ring (bicyclic) bond motifs is 2. The third-order valence-corrected chi connectivity index (χ3v) is 13.6. The van der Waals surface area contributed by atoms with Crippen LogP contribution in [0.5, 0.6) is 0 Å². The number of urea groups is 1. The Hall–Kier alpha value is -1.77. The number of nitrogens with zero attached hydrogens (tertiary/aromatic N) is 1. The van der Waals surface area contributed by atoms with Gasteiger partial charge in [-0.25, -0.2) is 4.79 Å². The maximum atomic E-state index is 13.9. The van der Waals surface area contributed by atoms with Crippen molar-refractivity contribution in [3.8, 4) is 0 Å². The van der Waals surface area contributed by atoms with Crippen molar-refractivity contribution in [1.29, 1.82) is 0 Å². The van der Waals surface area contributed by atoms with Crippen molar-refractivity contribution in [2.45, 2.75) is 147 Å². The molecular formula is C37H58N2O5S. The summed E-state index contributed by atoms with van der Waals surface area (Å²) in [5, 5.41) is 35.0. The molecule has 5 rings (SSSR count). The highest BCUT2D eigenvalue weighted by Crippen LogP contribution is 2.62. The Balaban J connectivity index is 1.48. The summed E-state index contributed by atoms with van der Waals surface area (Å²) in [6.45, 7) is 13.5. The van der Waals surface area contributed by atoms with E-state index in [0.717, 1.165) is 68.3 Å². The Kier molecular flexibility index (Phi) is 11.2. The van der Waals surface area contributed by atoms with Crippen molar-refractivity contribution in [3.63, 3.8) is 0 Å². The summed E-state index contributed by atoms with van der Waals surface area (Å²) in [7, 11) is 0. The van der Waals surface area contributed by atoms with E-state index in [1.54, 1.807) is 0 Å². The number of aliphatic hydroxyl groups is 2. The molecule has 3 aliphatic carbocycles. The number of carbonyl (C=O) groups is 2. The molecule has 0 aromatic heterocycles. The number of hydrogen-bond acceptors (Lipinski definition) is 5. The molecule has 10 atom stereocenters. The van der Waals surface area contributed by atoms with Crippen molar-refractivity contribution < 1.29 is 24.9 Å². The second-order valence-corrected chi connectivity index (χ2v) is 16.8. The van der Waals surface area contributed by atoms with Crippen LogP contribution in [0.1, 0.15) is 111 Å². The Labute approximate surface area is 275 Å². The zero-order valence-corrected chi connectivity index (χ0v) is 28.9. The number of thioether (sulfide) groups is 1. The molecule has 5 aliphatic rings. The number of carboxylic acid groups (broad SMARTS) is 1. The van der Waals surface area contributed by atoms with Gasteiger partial charge in [0.25, 0.3) is 0 Å². The smallest absolute Gasteiger partial charge is 0.318 e. The molecule has 252 valence electrons. The fourth-order valence-corrected chi connectivity index (χ4v) is 11.3. The number of unbranched alkanes of at least 4 members (excludes halogenated alkanes) is 1. The number of hydrogen-bond donors (Lipinski definition) is 4. The predicted molar refractivity (Wildman–Crippen MR) is 182 cm³/mol. The van der Waals surface area contributed by atoms with Gasteiger partial charge in [-0.2, -0.15) is 11.8 Å². The van der Waals surface area contributed by atoms with Gasteiger partial charge < -0.3 is 25.5 Å². The molecule has 45 heavy (non-hydrogen) atoms. The van der Waals surface area contributed by atoms with E-state index in [1.165, 1.54) is 18.4 Å². The number of aliphatic hydroxyl groups excluding tert-OH is 2. The average molecular weight is 643 g/mol. The molecule has 3 saturated carbocycles. The van der Waals surface area contributed by atoms with E-state index in [-0.39, 0.29) is 53.3 Å². The second kappa shape index (κ2) is 14.6. The highest BCUT2D eigenvalue weighted by Gasteiger charge is 2.63. The molecule has 2 aliphatic heterocycles. The van der Waals surface area contributed by atoms with Crippen LogP contribution in [0.25, 0.3) is 0 Å². The van der Waals surface area contributed by atoms with E-state index in [0.29, 0.717) is 30.6 Å². The fraction of sp³-hybridized carbons (Fsp3) is 0.784. The molecule has 0 aromatic rings. The summed E-state index contributed by atoms with van der Waals surface area (Å²) >= 11 is 1.93. The number of carbonyl (C=O) groups excluding carboxylic acids is 1. The minimum atomic E-state index is -0.749. The molecule has 0 radical (unpaired) electrons. The van der Waals surface area contributed by atoms with E-state index in [2.05, 4.69) is 56.6 Å². The van der Waals surface area contributed by atoms with Crippen LogP contribution < -0.4 is 5.32 Å². The molecule has 0 aromatic carbocycles. The first kappa shape index (κ1) is 34.6. The average Bonchev–Trinajstić information content (AvgIpc) is 3.62. The fourth-order valence-electron chi connectivity index (χ4n) is 9.72. The maximum Gasteiger partial charge on any atom is 0.318 e. The minimum Gasteiger partial charge on any atom is -0.481 e. The van der Waals surface area contributed by atoms with Gasteiger partial charge in [-0.3, -0.25) is 4.79 Å². The Morgan fingerprint density at radius 1 is 1.13 bits per heavy atom. The van der Waals surface area contributed by atoms with Crippen LogP contribution in [0.15, 0.2) is 35.5 Å². The summed E-state index contributed by atoms with van der Waals surface area (Å²) < 4.78 is 0. The van der Waals surface area contributed by atoms with Crippen LogP contribution in [0.3, 0.4) is 0 Å². The van der Waals surface area contributed by atoms with Crippen molar-refractivity contribution in [1.82, 2.24) is 10.2 Å². The van der Waals surface area contributed by atoms with E-state index < -0.39 is 12.1 Å². The lowest BCUT2D eigenvalue weighted by Crippen LogP contribution is -2.53. The quantitative estimate of drug-likeness (QED) is 0.134. The molecule has 5 fully saturated rings. The topological polar surface area (TPSA) is 110 Å². The Morgan fingerprint density at radius 3 is 2.64 bits per heavy atom. The van der Waals surface area contributed by atoms with E-state index in [1.807, 2.05) is 11.8 Å². The Morgan fingerprint density at radius 2 is 1.91 bits per heavy atom. The first-order chi connectivity index (χ1) is 21.4. The highest BCUT2D eigenvalue weighted by atomic mass is 32.2. The Bertz CT molecular complexity index is 1170. The van der Waals surface area contributed by atoms with Crippen molar-refractivity contribution in [3.05, 3.63) is 35.5 Å². The van der Waals surface area contributed by atoms with Crippen LogP contribution in [0, 0.1) is 29.1 Å². The van der Waals surface area contributed by atoms with Gasteiger partial charge in [0.05, 0.1) is 24.3 Å². The largest absolute Gasteiger partial charge is 0.481 e. The monoisotopic (exact) mass is 642 g/mol. The second-order valence-electron chi connectivity index (χ2n) is 15.5. The molecule has 0 bridgehead atoms. The van der Waals surface area contributed by atoms with Gasteiger partial charge in [0, 0.05) is 34.8 Å². The van der Waals surface area contributed by atoms with Crippen molar-refractivity contribution in [2.24, 2.45) is 29.1 Å². The van der Waals surface area contributed by atoms with Crippen LogP contribution in [0.4, 0.5) is 4.79 Å². The number of amides is 2. The predicted octanol–water partition coefficient (Wildman–Crippen LogP) is 7.09. The van der Waals surface area contributed by atoms with Gasteiger partial charge in [0.1, 0.15) is 0 Å². The molecular weight excluding hydrogens is 584 g/mol. The lowest BCUT2D eigenvalue weighted by molar-refractivity contribution is -0.137. The summed E-state index contributed by atoms with van der Waals surface area (Å²) in [6, 6.07) is 0.227. The molecule has 2 unspecified atom stereocenters. The zero-order valence-electron chi connectivity index (χ0n) is 28.0. The van der Waals surface area contributed by atoms with E-state index in [4.69, 9.17) is 5.11 Å². The summed E-state index contributed by atoms with van der Waals surface area (Å²) in [5.41, 5.74) is 3.21. The van der Waals surface area contributed by atoms with Gasteiger partial charge in [0.2, 0.25) is 0 Å². The zero-order chi connectivity index (χ0) is 32.5. The van der Waals surface area contributed by atoms with E-state index >= 15 is 0 Å². The lowest BCUT2D eigenvalue weighted by Gasteiger charge is -2.49. The van der Waals surface area contributed by atoms with Crippen molar-refractivity contribution >= 4 is 23.8 Å². The third-order valence-electron chi connectivity index (χ3n) is 12.1. The van der Waals surface area contributed by atoms with Gasteiger partial charge >= 0.3 is 12.0 Å². The van der Waals surface area contributed by atoms with Crippen molar-refractivity contribution in [2.75, 3.05) is 5.75 Å². The molecule has 2 amide bonds. The minimum absolute atomic E-state index is 0.00233. The number of carboxylic acids is 1.